The number of anilines is 4. The van der Waals surface area contributed by atoms with E-state index >= 15 is 0 Å². The van der Waals surface area contributed by atoms with Crippen LogP contribution in [0.15, 0.2) is 46.4 Å². The number of halogens is 1. The van der Waals surface area contributed by atoms with Crippen LogP contribution in [0.2, 0.25) is 0 Å². The molecule has 1 fully saturated rings. The highest BCUT2D eigenvalue weighted by molar-refractivity contribution is 9.10. The van der Waals surface area contributed by atoms with E-state index in [0.717, 1.165) is 50.7 Å². The molecular formula is C22H25BrN6O4S. The molecular weight excluding hydrogens is 524 g/mol. The van der Waals surface area contributed by atoms with Gasteiger partial charge in [0.15, 0.2) is 5.82 Å². The summed E-state index contributed by atoms with van der Waals surface area (Å²) in [5.41, 5.74) is 2.77. The average molecular weight is 549 g/mol. The molecule has 0 unspecified atom stereocenters. The van der Waals surface area contributed by atoms with Crippen LogP contribution in [0.5, 0.6) is 5.75 Å². The number of nitrogens with zero attached hydrogens (tertiary/aromatic N) is 3. The molecule has 0 spiro atoms. The number of morpholine rings is 1. The summed E-state index contributed by atoms with van der Waals surface area (Å²) in [5.74, 6) is 1.07. The number of amides is 1. The van der Waals surface area contributed by atoms with Gasteiger partial charge in [0, 0.05) is 31.5 Å². The number of rotatable bonds is 10. The highest BCUT2D eigenvalue weighted by atomic mass is 79.9. The lowest BCUT2D eigenvalue weighted by Gasteiger charge is -2.26. The van der Waals surface area contributed by atoms with Crippen LogP contribution in [0.4, 0.5) is 22.5 Å². The monoisotopic (exact) mass is 548 g/mol. The zero-order valence-electron chi connectivity index (χ0n) is 18.3. The summed E-state index contributed by atoms with van der Waals surface area (Å²) in [7, 11) is 0. The first-order valence-electron chi connectivity index (χ1n) is 10.7. The molecule has 12 heteroatoms. The highest BCUT2D eigenvalue weighted by Crippen LogP contribution is 2.30. The Labute approximate surface area is 209 Å². The van der Waals surface area contributed by atoms with Crippen molar-refractivity contribution in [1.29, 1.82) is 0 Å². The van der Waals surface area contributed by atoms with E-state index in [1.165, 1.54) is 11.3 Å². The van der Waals surface area contributed by atoms with Gasteiger partial charge in [0.05, 0.1) is 29.9 Å². The molecule has 3 aromatic rings. The Hall–Kier alpha value is -2.77. The fourth-order valence-electron chi connectivity index (χ4n) is 3.33. The number of ether oxygens (including phenoxy) is 2. The summed E-state index contributed by atoms with van der Waals surface area (Å²) < 4.78 is 11.8. The third kappa shape index (κ3) is 6.64. The lowest BCUT2D eigenvalue weighted by molar-refractivity contribution is 0.0358. The molecule has 1 aliphatic heterocycles. The van der Waals surface area contributed by atoms with Gasteiger partial charge in [-0.25, -0.2) is 10.5 Å². The van der Waals surface area contributed by atoms with Crippen LogP contribution in [-0.4, -0.2) is 65.4 Å². The minimum absolute atomic E-state index is 0.313. The van der Waals surface area contributed by atoms with Gasteiger partial charge < -0.3 is 20.1 Å². The largest absolute Gasteiger partial charge is 0.494 e. The Kier molecular flexibility index (Phi) is 8.66. The number of nitrogens with one attached hydrogen (secondary N) is 3. The molecule has 34 heavy (non-hydrogen) atoms. The minimum Gasteiger partial charge on any atom is -0.494 e. The quantitative estimate of drug-likeness (QED) is 0.169. The maximum atomic E-state index is 11.8. The number of hydrogen-bond donors (Lipinski definition) is 4. The van der Waals surface area contributed by atoms with E-state index in [9.17, 15) is 4.79 Å². The number of aromatic nitrogens is 2. The molecule has 0 saturated carbocycles. The van der Waals surface area contributed by atoms with Gasteiger partial charge in [0.2, 0.25) is 5.95 Å². The molecule has 1 aromatic carbocycles. The average Bonchev–Trinajstić information content (AvgIpc) is 3.33. The van der Waals surface area contributed by atoms with Crippen LogP contribution in [0, 0.1) is 0 Å². The number of carbonyl (C=O) groups is 1. The minimum atomic E-state index is -0.601. The molecule has 1 saturated heterocycles. The van der Waals surface area contributed by atoms with Crippen LogP contribution in [0.3, 0.4) is 0 Å². The standard InChI is InChI=1S/C22H25BrN6O4S/c23-18-14-24-22(27-19(18)26-21-17(6-13-34-21)20(30)28-31)25-15-2-4-16(5-3-15)33-10-1-7-29-8-11-32-12-9-29/h2-6,13-14,31H,1,7-12H2,(H,28,30)(H2,24,25,26,27). The molecule has 10 nitrogen and oxygen atoms in total. The number of benzene rings is 1. The molecule has 4 N–H and O–H groups in total. The van der Waals surface area contributed by atoms with Crippen LogP contribution in [0.1, 0.15) is 16.8 Å². The first-order valence-corrected chi connectivity index (χ1v) is 12.4. The summed E-state index contributed by atoms with van der Waals surface area (Å²) in [6.45, 7) is 5.27. The maximum absolute atomic E-state index is 11.8. The second-order valence-corrected chi connectivity index (χ2v) is 9.20. The highest BCUT2D eigenvalue weighted by Gasteiger charge is 2.15. The van der Waals surface area contributed by atoms with Gasteiger partial charge in [-0.15, -0.1) is 11.3 Å². The molecule has 0 bridgehead atoms. The molecule has 1 amide bonds. The van der Waals surface area contributed by atoms with E-state index in [1.54, 1.807) is 23.1 Å². The summed E-state index contributed by atoms with van der Waals surface area (Å²) in [5, 5.41) is 17.5. The van der Waals surface area contributed by atoms with Gasteiger partial charge >= 0.3 is 0 Å². The first kappa shape index (κ1) is 24.4. The zero-order chi connectivity index (χ0) is 23.8. The van der Waals surface area contributed by atoms with Crippen molar-refractivity contribution in [2.75, 3.05) is 50.1 Å². The van der Waals surface area contributed by atoms with Crippen molar-refractivity contribution < 1.29 is 19.5 Å². The van der Waals surface area contributed by atoms with Gasteiger partial charge in [-0.2, -0.15) is 4.98 Å². The Morgan fingerprint density at radius 2 is 2.00 bits per heavy atom. The Bertz CT molecular complexity index is 1090. The van der Waals surface area contributed by atoms with Crippen molar-refractivity contribution in [2.45, 2.75) is 6.42 Å². The van der Waals surface area contributed by atoms with E-state index in [0.29, 0.717) is 33.4 Å². The van der Waals surface area contributed by atoms with Gasteiger partial charge in [-0.1, -0.05) is 0 Å². The molecule has 180 valence electrons. The van der Waals surface area contributed by atoms with Crippen LogP contribution >= 0.6 is 27.3 Å². The zero-order valence-corrected chi connectivity index (χ0v) is 20.7. The van der Waals surface area contributed by atoms with E-state index in [2.05, 4.69) is 41.4 Å². The molecule has 4 rings (SSSR count). The van der Waals surface area contributed by atoms with Gasteiger partial charge in [0.1, 0.15) is 10.8 Å². The van der Waals surface area contributed by atoms with Crippen LogP contribution < -0.4 is 20.9 Å². The van der Waals surface area contributed by atoms with E-state index < -0.39 is 5.91 Å². The summed E-state index contributed by atoms with van der Waals surface area (Å²) in [6, 6.07) is 9.22. The van der Waals surface area contributed by atoms with Crippen LogP contribution in [0.25, 0.3) is 0 Å². The third-order valence-electron chi connectivity index (χ3n) is 5.09. The Morgan fingerprint density at radius 3 is 2.76 bits per heavy atom. The van der Waals surface area contributed by atoms with E-state index in [4.69, 9.17) is 14.7 Å². The Balaban J connectivity index is 1.31. The Morgan fingerprint density at radius 1 is 1.21 bits per heavy atom. The second kappa shape index (κ2) is 12.1. The fraction of sp³-hybridized carbons (Fsp3) is 0.318. The SMILES string of the molecule is O=C(NO)c1ccsc1Nc1nc(Nc2ccc(OCCCN3CCOCC3)cc2)ncc1Br. The van der Waals surface area contributed by atoms with Gasteiger partial charge in [0.25, 0.3) is 5.91 Å². The number of carbonyl (C=O) groups excluding carboxylic acids is 1. The lowest BCUT2D eigenvalue weighted by Crippen LogP contribution is -2.37. The summed E-state index contributed by atoms with van der Waals surface area (Å²) in [4.78, 5) is 23.0. The molecule has 0 radical (unpaired) electrons. The van der Waals surface area contributed by atoms with E-state index in [-0.39, 0.29) is 0 Å². The molecule has 3 heterocycles. The van der Waals surface area contributed by atoms with Crippen molar-refractivity contribution in [1.82, 2.24) is 20.3 Å². The van der Waals surface area contributed by atoms with Crippen molar-refractivity contribution in [3.05, 3.63) is 51.9 Å². The van der Waals surface area contributed by atoms with Gasteiger partial charge in [-0.05, 0) is 58.1 Å². The molecule has 1 aliphatic rings. The number of hydrogen-bond acceptors (Lipinski definition) is 10. The second-order valence-electron chi connectivity index (χ2n) is 7.42. The lowest BCUT2D eigenvalue weighted by atomic mass is 10.3. The third-order valence-corrected chi connectivity index (χ3v) is 6.50. The topological polar surface area (TPSA) is 121 Å². The van der Waals surface area contributed by atoms with Crippen molar-refractivity contribution >= 4 is 55.6 Å². The first-order chi connectivity index (χ1) is 16.6. The van der Waals surface area contributed by atoms with Crippen molar-refractivity contribution in [2.24, 2.45) is 0 Å². The molecule has 0 atom stereocenters. The maximum Gasteiger partial charge on any atom is 0.277 e. The van der Waals surface area contributed by atoms with Crippen LogP contribution in [-0.2, 0) is 4.74 Å². The summed E-state index contributed by atoms with van der Waals surface area (Å²) in [6.07, 6.45) is 2.58. The van der Waals surface area contributed by atoms with E-state index in [1.807, 2.05) is 24.3 Å². The smallest absolute Gasteiger partial charge is 0.277 e. The van der Waals surface area contributed by atoms with Gasteiger partial charge in [-0.3, -0.25) is 14.9 Å². The number of hydroxylamine groups is 1. The predicted octanol–water partition coefficient (Wildman–Crippen LogP) is 4.01. The normalized spacial score (nSPS) is 13.9. The van der Waals surface area contributed by atoms with Crippen molar-refractivity contribution in [3.63, 3.8) is 0 Å². The number of thiophene rings is 1. The summed E-state index contributed by atoms with van der Waals surface area (Å²) >= 11 is 4.74. The fourth-order valence-corrected chi connectivity index (χ4v) is 4.41. The van der Waals surface area contributed by atoms with Crippen molar-refractivity contribution in [3.8, 4) is 5.75 Å². The predicted molar refractivity (Wildman–Crippen MR) is 134 cm³/mol. The molecule has 2 aromatic heterocycles. The molecule has 0 aliphatic carbocycles.